The number of aromatic nitrogens is 2. The number of carbonyl (C=O) groups excluding carboxylic acids is 1. The van der Waals surface area contributed by atoms with Crippen LogP contribution in [-0.4, -0.2) is 29.1 Å². The number of halogens is 2. The van der Waals surface area contributed by atoms with Crippen molar-refractivity contribution in [3.63, 3.8) is 0 Å². The molecule has 1 heterocycles. The average molecular weight is 421 g/mol. The highest BCUT2D eigenvalue weighted by Gasteiger charge is 2.17. The van der Waals surface area contributed by atoms with E-state index in [0.29, 0.717) is 6.42 Å². The van der Waals surface area contributed by atoms with Gasteiger partial charge in [0.2, 0.25) is 0 Å². The SMILES string of the molecule is COC(=O)[C@@H](N)Cc1[nH]c(I)nc1I. The molecule has 0 aliphatic carbocycles. The number of aromatic amines is 1. The van der Waals surface area contributed by atoms with Gasteiger partial charge in [0, 0.05) is 6.42 Å². The van der Waals surface area contributed by atoms with Crippen LogP contribution in [0.25, 0.3) is 0 Å². The van der Waals surface area contributed by atoms with Crippen LogP contribution in [-0.2, 0) is 16.0 Å². The minimum atomic E-state index is -0.634. The van der Waals surface area contributed by atoms with Gasteiger partial charge in [-0.25, -0.2) is 4.98 Å². The number of hydrogen-bond acceptors (Lipinski definition) is 4. The van der Waals surface area contributed by atoms with Gasteiger partial charge >= 0.3 is 5.97 Å². The number of carbonyl (C=O) groups is 1. The largest absolute Gasteiger partial charge is 0.468 e. The zero-order chi connectivity index (χ0) is 10.7. The van der Waals surface area contributed by atoms with E-state index in [-0.39, 0.29) is 0 Å². The Morgan fingerprint density at radius 1 is 1.71 bits per heavy atom. The number of ether oxygens (including phenoxy) is 1. The number of rotatable bonds is 3. The molecule has 7 heteroatoms. The molecule has 14 heavy (non-hydrogen) atoms. The molecule has 0 aliphatic rings. The Labute approximate surface area is 108 Å². The summed E-state index contributed by atoms with van der Waals surface area (Å²) in [5, 5.41) is 0. The number of nitrogens with zero attached hydrogens (tertiary/aromatic N) is 1. The van der Waals surface area contributed by atoms with Crippen molar-refractivity contribution in [3.05, 3.63) is 13.2 Å². The Kier molecular flexibility index (Phi) is 4.57. The molecule has 1 aromatic rings. The first kappa shape index (κ1) is 12.2. The van der Waals surface area contributed by atoms with Crippen LogP contribution in [0.5, 0.6) is 0 Å². The molecule has 0 amide bonds. The summed E-state index contributed by atoms with van der Waals surface area (Å²) in [6, 6.07) is -0.634. The fourth-order valence-corrected chi connectivity index (χ4v) is 2.57. The maximum absolute atomic E-state index is 11.0. The van der Waals surface area contributed by atoms with Gasteiger partial charge in [0.05, 0.1) is 12.8 Å². The molecule has 1 atom stereocenters. The molecule has 0 aliphatic heterocycles. The molecule has 5 nitrogen and oxygen atoms in total. The molecular weight excluding hydrogens is 412 g/mol. The normalized spacial score (nSPS) is 12.6. The minimum Gasteiger partial charge on any atom is -0.468 e. The molecule has 1 rings (SSSR count). The quantitative estimate of drug-likeness (QED) is 0.556. The van der Waals surface area contributed by atoms with Gasteiger partial charge in [0.15, 0.2) is 3.83 Å². The van der Waals surface area contributed by atoms with Crippen LogP contribution in [0.15, 0.2) is 0 Å². The maximum atomic E-state index is 11.0. The zero-order valence-corrected chi connectivity index (χ0v) is 11.7. The highest BCUT2D eigenvalue weighted by Crippen LogP contribution is 2.12. The van der Waals surface area contributed by atoms with Crippen molar-refractivity contribution in [1.82, 2.24) is 9.97 Å². The molecule has 78 valence electrons. The number of hydrogen-bond donors (Lipinski definition) is 2. The van der Waals surface area contributed by atoms with Crippen LogP contribution in [0, 0.1) is 7.53 Å². The van der Waals surface area contributed by atoms with Gasteiger partial charge in [-0.05, 0) is 45.2 Å². The van der Waals surface area contributed by atoms with E-state index >= 15 is 0 Å². The lowest BCUT2D eigenvalue weighted by molar-refractivity contribution is -0.142. The monoisotopic (exact) mass is 421 g/mol. The molecule has 0 fully saturated rings. The Hall–Kier alpha value is 0.1000. The summed E-state index contributed by atoms with van der Waals surface area (Å²) in [6.07, 6.45) is 0.418. The summed E-state index contributed by atoms with van der Waals surface area (Å²) in [4.78, 5) is 18.2. The van der Waals surface area contributed by atoms with Gasteiger partial charge in [0.25, 0.3) is 0 Å². The molecule has 0 spiro atoms. The Morgan fingerprint density at radius 3 is 2.79 bits per heavy atom. The zero-order valence-electron chi connectivity index (χ0n) is 7.38. The summed E-state index contributed by atoms with van der Waals surface area (Å²) in [5.74, 6) is -0.412. The van der Waals surface area contributed by atoms with Crippen LogP contribution in [0.4, 0.5) is 0 Å². The van der Waals surface area contributed by atoms with Crippen LogP contribution in [0.1, 0.15) is 5.69 Å². The van der Waals surface area contributed by atoms with Crippen molar-refractivity contribution in [2.45, 2.75) is 12.5 Å². The number of nitrogens with one attached hydrogen (secondary N) is 1. The molecule has 0 radical (unpaired) electrons. The predicted molar refractivity (Wildman–Crippen MR) is 67.7 cm³/mol. The highest BCUT2D eigenvalue weighted by molar-refractivity contribution is 14.1. The summed E-state index contributed by atoms with van der Waals surface area (Å²) in [5.41, 5.74) is 6.48. The fourth-order valence-electron chi connectivity index (χ4n) is 0.948. The highest BCUT2D eigenvalue weighted by atomic mass is 127. The van der Waals surface area contributed by atoms with E-state index in [2.05, 4.69) is 59.9 Å². The maximum Gasteiger partial charge on any atom is 0.323 e. The lowest BCUT2D eigenvalue weighted by Gasteiger charge is -2.07. The molecule has 0 aromatic carbocycles. The number of H-pyrrole nitrogens is 1. The summed E-state index contributed by atoms with van der Waals surface area (Å²) < 4.78 is 6.16. The van der Waals surface area contributed by atoms with Crippen molar-refractivity contribution >= 4 is 51.2 Å². The van der Waals surface area contributed by atoms with Crippen molar-refractivity contribution in [2.75, 3.05) is 7.11 Å². The topological polar surface area (TPSA) is 81.0 Å². The fraction of sp³-hybridized carbons (Fsp3) is 0.429. The van der Waals surface area contributed by atoms with Gasteiger partial charge in [-0.15, -0.1) is 0 Å². The summed E-state index contributed by atoms with van der Waals surface area (Å²) >= 11 is 4.17. The van der Waals surface area contributed by atoms with Crippen molar-refractivity contribution in [1.29, 1.82) is 0 Å². The Bertz CT molecular complexity index is 340. The van der Waals surface area contributed by atoms with Crippen LogP contribution < -0.4 is 5.73 Å². The smallest absolute Gasteiger partial charge is 0.323 e. The van der Waals surface area contributed by atoms with E-state index in [1.54, 1.807) is 0 Å². The molecule has 0 unspecified atom stereocenters. The summed E-state index contributed by atoms with van der Waals surface area (Å²) in [7, 11) is 1.32. The van der Waals surface area contributed by atoms with E-state index < -0.39 is 12.0 Å². The number of nitrogens with two attached hydrogens (primary N) is 1. The second kappa shape index (κ2) is 5.26. The van der Waals surface area contributed by atoms with Gasteiger partial charge in [-0.2, -0.15) is 0 Å². The Balaban J connectivity index is 2.69. The lowest BCUT2D eigenvalue weighted by Crippen LogP contribution is -2.34. The van der Waals surface area contributed by atoms with Crippen molar-refractivity contribution < 1.29 is 9.53 Å². The molecule has 3 N–H and O–H groups in total. The van der Waals surface area contributed by atoms with Gasteiger partial charge in [0.1, 0.15) is 9.74 Å². The number of esters is 1. The number of imidazole rings is 1. The third kappa shape index (κ3) is 3.05. The first-order chi connectivity index (χ1) is 6.54. The van der Waals surface area contributed by atoms with E-state index in [4.69, 9.17) is 5.73 Å². The van der Waals surface area contributed by atoms with E-state index in [1.807, 2.05) is 0 Å². The van der Waals surface area contributed by atoms with Crippen molar-refractivity contribution in [3.8, 4) is 0 Å². The van der Waals surface area contributed by atoms with Crippen LogP contribution >= 0.6 is 45.2 Å². The first-order valence-electron chi connectivity index (χ1n) is 3.78. The molecule has 1 aromatic heterocycles. The van der Waals surface area contributed by atoms with E-state index in [9.17, 15) is 4.79 Å². The first-order valence-corrected chi connectivity index (χ1v) is 5.93. The average Bonchev–Trinajstić information content (AvgIpc) is 2.44. The van der Waals surface area contributed by atoms with Gasteiger partial charge in [-0.1, -0.05) is 0 Å². The molecular formula is C7H9I2N3O2. The third-order valence-corrected chi connectivity index (χ3v) is 3.03. The van der Waals surface area contributed by atoms with Crippen molar-refractivity contribution in [2.24, 2.45) is 5.73 Å². The second-order valence-electron chi connectivity index (χ2n) is 2.63. The standard InChI is InChI=1S/C7H9I2N3O2/c1-14-6(13)3(10)2-4-5(8)12-7(9)11-4/h3H,2,10H2,1H3,(H,11,12)/t3-/m0/s1. The predicted octanol–water partition coefficient (Wildman–Crippen LogP) is 0.662. The molecule has 0 saturated heterocycles. The second-order valence-corrected chi connectivity index (χ2v) is 4.67. The van der Waals surface area contributed by atoms with E-state index in [0.717, 1.165) is 13.2 Å². The van der Waals surface area contributed by atoms with Gasteiger partial charge < -0.3 is 15.5 Å². The lowest BCUT2D eigenvalue weighted by atomic mass is 10.2. The van der Waals surface area contributed by atoms with Crippen LogP contribution in [0.2, 0.25) is 0 Å². The van der Waals surface area contributed by atoms with E-state index in [1.165, 1.54) is 7.11 Å². The minimum absolute atomic E-state index is 0.412. The third-order valence-electron chi connectivity index (χ3n) is 1.63. The molecule has 0 bridgehead atoms. The van der Waals surface area contributed by atoms with Crippen LogP contribution in [0.3, 0.4) is 0 Å². The van der Waals surface area contributed by atoms with Gasteiger partial charge in [-0.3, -0.25) is 4.79 Å². The summed E-state index contributed by atoms with van der Waals surface area (Å²) in [6.45, 7) is 0. The molecule has 0 saturated carbocycles. The number of methoxy groups -OCH3 is 1. The Morgan fingerprint density at radius 2 is 2.36 bits per heavy atom.